The van der Waals surface area contributed by atoms with Crippen LogP contribution in [-0.4, -0.2) is 19.5 Å². The zero-order chi connectivity index (χ0) is 16.1. The van der Waals surface area contributed by atoms with E-state index in [1.54, 1.807) is 18.2 Å². The van der Waals surface area contributed by atoms with Crippen molar-refractivity contribution in [1.29, 1.82) is 5.26 Å². The number of rotatable bonds is 4. The topological polar surface area (TPSA) is 56.1 Å². The van der Waals surface area contributed by atoms with E-state index < -0.39 is 5.82 Å². The number of nitriles is 1. The van der Waals surface area contributed by atoms with E-state index >= 15 is 0 Å². The van der Waals surface area contributed by atoms with Gasteiger partial charge in [-0.1, -0.05) is 0 Å². The van der Waals surface area contributed by atoms with Crippen LogP contribution in [0.3, 0.4) is 0 Å². The molecule has 0 aliphatic carbocycles. The number of benzene rings is 2. The van der Waals surface area contributed by atoms with Gasteiger partial charge in [-0.15, -0.1) is 0 Å². The van der Waals surface area contributed by atoms with E-state index in [1.165, 1.54) is 12.1 Å². The van der Waals surface area contributed by atoms with Crippen LogP contribution in [0.2, 0.25) is 0 Å². The molecule has 0 spiro atoms. The first-order valence-electron chi connectivity index (χ1n) is 6.87. The Morgan fingerprint density at radius 1 is 1.27 bits per heavy atom. The number of carbonyl (C=O) groups excluding carboxylic acids is 1. The van der Waals surface area contributed by atoms with Crippen LogP contribution >= 0.6 is 0 Å². The maximum absolute atomic E-state index is 13.2. The van der Waals surface area contributed by atoms with E-state index in [0.29, 0.717) is 11.3 Å². The summed E-state index contributed by atoms with van der Waals surface area (Å²) in [5, 5.41) is 11.4. The Hall–Kier alpha value is -2.87. The number of nitrogens with one attached hydrogen (secondary N) is 1. The molecule has 0 aromatic heterocycles. The minimum Gasteiger partial charge on any atom is -0.375 e. The van der Waals surface area contributed by atoms with Crippen LogP contribution in [0, 0.1) is 17.1 Å². The number of carbonyl (C=O) groups is 1. The summed E-state index contributed by atoms with van der Waals surface area (Å²) in [5.41, 5.74) is 1.80. The fraction of sp³-hybridized carbons (Fsp3) is 0.176. The second kappa shape index (κ2) is 6.72. The molecule has 0 saturated carbocycles. The number of hydrogen-bond donors (Lipinski definition) is 1. The zero-order valence-electron chi connectivity index (χ0n) is 12.4. The van der Waals surface area contributed by atoms with Crippen molar-refractivity contribution >= 4 is 17.3 Å². The van der Waals surface area contributed by atoms with E-state index in [1.807, 2.05) is 26.1 Å². The summed E-state index contributed by atoms with van der Waals surface area (Å²) in [6, 6.07) is 12.8. The maximum atomic E-state index is 13.2. The SMILES string of the molecule is CCN(C)c1ccc(C(=O)Nc2ccc(F)c(C#N)c2)cc1. The lowest BCUT2D eigenvalue weighted by atomic mass is 10.1. The van der Waals surface area contributed by atoms with Crippen LogP contribution in [0.4, 0.5) is 15.8 Å². The second-order valence-corrected chi connectivity index (χ2v) is 4.82. The molecule has 0 saturated heterocycles. The Balaban J connectivity index is 2.14. The highest BCUT2D eigenvalue weighted by atomic mass is 19.1. The molecule has 1 amide bonds. The van der Waals surface area contributed by atoms with Gasteiger partial charge in [-0.3, -0.25) is 4.79 Å². The fourth-order valence-corrected chi connectivity index (χ4v) is 1.94. The highest BCUT2D eigenvalue weighted by molar-refractivity contribution is 6.04. The average Bonchev–Trinajstić information content (AvgIpc) is 2.55. The summed E-state index contributed by atoms with van der Waals surface area (Å²) >= 11 is 0. The third-order valence-corrected chi connectivity index (χ3v) is 3.39. The lowest BCUT2D eigenvalue weighted by molar-refractivity contribution is 0.102. The lowest BCUT2D eigenvalue weighted by Crippen LogP contribution is -2.16. The van der Waals surface area contributed by atoms with Gasteiger partial charge in [-0.05, 0) is 49.4 Å². The first-order chi connectivity index (χ1) is 10.5. The fourth-order valence-electron chi connectivity index (χ4n) is 1.94. The third kappa shape index (κ3) is 3.41. The predicted octanol–water partition coefficient (Wildman–Crippen LogP) is 3.41. The monoisotopic (exact) mass is 297 g/mol. The number of nitrogens with zero attached hydrogens (tertiary/aromatic N) is 2. The Morgan fingerprint density at radius 2 is 1.95 bits per heavy atom. The summed E-state index contributed by atoms with van der Waals surface area (Å²) in [5.74, 6) is -0.909. The Kier molecular flexibility index (Phi) is 4.74. The van der Waals surface area contributed by atoms with Gasteiger partial charge < -0.3 is 10.2 Å². The Morgan fingerprint density at radius 3 is 2.55 bits per heavy atom. The van der Waals surface area contributed by atoms with Crippen molar-refractivity contribution in [3.8, 4) is 6.07 Å². The molecule has 5 heteroatoms. The molecule has 0 unspecified atom stereocenters. The van der Waals surface area contributed by atoms with Gasteiger partial charge in [0.05, 0.1) is 5.56 Å². The minimum atomic E-state index is -0.604. The lowest BCUT2D eigenvalue weighted by Gasteiger charge is -2.16. The molecule has 22 heavy (non-hydrogen) atoms. The number of anilines is 2. The van der Waals surface area contributed by atoms with Gasteiger partial charge in [0.2, 0.25) is 0 Å². The van der Waals surface area contributed by atoms with Crippen LogP contribution in [0.5, 0.6) is 0 Å². The molecule has 2 aromatic carbocycles. The van der Waals surface area contributed by atoms with Gasteiger partial charge in [-0.2, -0.15) is 5.26 Å². The van der Waals surface area contributed by atoms with Gasteiger partial charge in [-0.25, -0.2) is 4.39 Å². The van der Waals surface area contributed by atoms with Crippen molar-refractivity contribution in [3.63, 3.8) is 0 Å². The van der Waals surface area contributed by atoms with E-state index in [2.05, 4.69) is 10.2 Å². The van der Waals surface area contributed by atoms with Crippen LogP contribution in [-0.2, 0) is 0 Å². The molecule has 2 aromatic rings. The number of hydrogen-bond acceptors (Lipinski definition) is 3. The van der Waals surface area contributed by atoms with Gasteiger partial charge in [0.25, 0.3) is 5.91 Å². The summed E-state index contributed by atoms with van der Waals surface area (Å²) in [6.07, 6.45) is 0. The van der Waals surface area contributed by atoms with Crippen molar-refractivity contribution in [3.05, 3.63) is 59.4 Å². The Bertz CT molecular complexity index is 720. The van der Waals surface area contributed by atoms with E-state index in [0.717, 1.165) is 18.3 Å². The molecule has 0 fully saturated rings. The molecular weight excluding hydrogens is 281 g/mol. The van der Waals surface area contributed by atoms with Gasteiger partial charge in [0, 0.05) is 30.5 Å². The second-order valence-electron chi connectivity index (χ2n) is 4.82. The molecule has 0 heterocycles. The van der Waals surface area contributed by atoms with Crippen molar-refractivity contribution in [2.24, 2.45) is 0 Å². The molecule has 0 radical (unpaired) electrons. The van der Waals surface area contributed by atoms with Gasteiger partial charge in [0.15, 0.2) is 0 Å². The number of amides is 1. The smallest absolute Gasteiger partial charge is 0.255 e. The van der Waals surface area contributed by atoms with Crippen LogP contribution in [0.1, 0.15) is 22.8 Å². The van der Waals surface area contributed by atoms with Gasteiger partial charge in [0.1, 0.15) is 11.9 Å². The Labute approximate surface area is 128 Å². The van der Waals surface area contributed by atoms with Gasteiger partial charge >= 0.3 is 0 Å². The third-order valence-electron chi connectivity index (χ3n) is 3.39. The zero-order valence-corrected chi connectivity index (χ0v) is 12.4. The standard InChI is InChI=1S/C17H16FN3O/c1-3-21(2)15-7-4-12(5-8-15)17(22)20-14-6-9-16(18)13(10-14)11-19/h4-10H,3H2,1-2H3,(H,20,22). The molecule has 2 rings (SSSR count). The normalized spacial score (nSPS) is 9.91. The molecule has 112 valence electrons. The summed E-state index contributed by atoms with van der Waals surface area (Å²) in [4.78, 5) is 14.2. The molecule has 0 bridgehead atoms. The molecule has 0 aliphatic rings. The van der Waals surface area contributed by atoms with Crippen LogP contribution in [0.25, 0.3) is 0 Å². The quantitative estimate of drug-likeness (QED) is 0.941. The minimum absolute atomic E-state index is 0.0993. The van der Waals surface area contributed by atoms with E-state index in [-0.39, 0.29) is 11.5 Å². The van der Waals surface area contributed by atoms with Crippen LogP contribution in [0.15, 0.2) is 42.5 Å². The average molecular weight is 297 g/mol. The van der Waals surface area contributed by atoms with Crippen molar-refractivity contribution in [2.75, 3.05) is 23.8 Å². The highest BCUT2D eigenvalue weighted by Gasteiger charge is 2.09. The maximum Gasteiger partial charge on any atom is 0.255 e. The van der Waals surface area contributed by atoms with Crippen molar-refractivity contribution in [2.45, 2.75) is 6.92 Å². The summed E-state index contributed by atoms with van der Waals surface area (Å²) in [6.45, 7) is 2.92. The first-order valence-corrected chi connectivity index (χ1v) is 6.87. The van der Waals surface area contributed by atoms with Crippen LogP contribution < -0.4 is 10.2 Å². The summed E-state index contributed by atoms with van der Waals surface area (Å²) in [7, 11) is 1.97. The van der Waals surface area contributed by atoms with E-state index in [9.17, 15) is 9.18 Å². The highest BCUT2D eigenvalue weighted by Crippen LogP contribution is 2.17. The van der Waals surface area contributed by atoms with Crippen molar-refractivity contribution in [1.82, 2.24) is 0 Å². The summed E-state index contributed by atoms with van der Waals surface area (Å²) < 4.78 is 13.2. The van der Waals surface area contributed by atoms with E-state index in [4.69, 9.17) is 5.26 Å². The number of halogens is 1. The largest absolute Gasteiger partial charge is 0.375 e. The molecule has 1 N–H and O–H groups in total. The predicted molar refractivity (Wildman–Crippen MR) is 84.5 cm³/mol. The first kappa shape index (κ1) is 15.5. The molecule has 0 atom stereocenters. The molecular formula is C17H16FN3O. The van der Waals surface area contributed by atoms with Crippen molar-refractivity contribution < 1.29 is 9.18 Å². The molecule has 0 aliphatic heterocycles. The molecule has 4 nitrogen and oxygen atoms in total.